The summed E-state index contributed by atoms with van der Waals surface area (Å²) in [7, 11) is 0. The fourth-order valence-corrected chi connectivity index (χ4v) is 1.33. The van der Waals surface area contributed by atoms with Gasteiger partial charge in [0.15, 0.2) is 0 Å². The number of esters is 1. The second-order valence-corrected chi connectivity index (χ2v) is 4.91. The smallest absolute Gasteiger partial charge is 0.338 e. The van der Waals surface area contributed by atoms with Gasteiger partial charge in [-0.3, -0.25) is 0 Å². The van der Waals surface area contributed by atoms with Gasteiger partial charge in [-0.15, -0.1) is 0 Å². The number of benzene rings is 1. The molecule has 0 aliphatic heterocycles. The van der Waals surface area contributed by atoms with Crippen LogP contribution in [-0.4, -0.2) is 33.7 Å². The van der Waals surface area contributed by atoms with E-state index in [0.29, 0.717) is 0 Å². The largest absolute Gasteiger partial charge is 0.478 e. The van der Waals surface area contributed by atoms with Crippen LogP contribution in [0.15, 0.2) is 18.2 Å². The van der Waals surface area contributed by atoms with Crippen LogP contribution >= 0.6 is 0 Å². The Kier molecular flexibility index (Phi) is 3.94. The van der Waals surface area contributed by atoms with Crippen LogP contribution in [0.1, 0.15) is 51.8 Å². The van der Waals surface area contributed by atoms with Crippen LogP contribution in [0.2, 0.25) is 0 Å². The van der Waals surface area contributed by atoms with Crippen molar-refractivity contribution in [3.05, 3.63) is 34.9 Å². The van der Waals surface area contributed by atoms with E-state index >= 15 is 0 Å². The Morgan fingerprint density at radius 1 is 0.895 bits per heavy atom. The third kappa shape index (κ3) is 4.09. The predicted octanol–water partition coefficient (Wildman–Crippen LogP) is 2.04. The first-order valence-electron chi connectivity index (χ1n) is 5.45. The highest BCUT2D eigenvalue weighted by Crippen LogP contribution is 2.16. The Morgan fingerprint density at radius 3 is 1.58 bits per heavy atom. The van der Waals surface area contributed by atoms with Crippen LogP contribution in [0, 0.1) is 0 Å². The molecular weight excluding hydrogens is 252 g/mol. The van der Waals surface area contributed by atoms with Crippen molar-refractivity contribution in [3.8, 4) is 0 Å². The summed E-state index contributed by atoms with van der Waals surface area (Å²) in [6, 6.07) is 3.16. The van der Waals surface area contributed by atoms with E-state index in [0.717, 1.165) is 18.2 Å². The zero-order chi connectivity index (χ0) is 14.8. The second-order valence-electron chi connectivity index (χ2n) is 4.91. The van der Waals surface area contributed by atoms with E-state index in [1.165, 1.54) is 0 Å². The standard InChI is InChI=1S/C13H14O6/c1-13(2,3)19-12(18)9-5-7(10(14)15)4-8(6-9)11(16)17/h4-6H,1-3H3,(H,14,15)(H,16,17). The second kappa shape index (κ2) is 5.09. The zero-order valence-electron chi connectivity index (χ0n) is 10.8. The molecule has 0 aromatic heterocycles. The van der Waals surface area contributed by atoms with Gasteiger partial charge in [0, 0.05) is 0 Å². The Balaban J connectivity index is 3.23. The molecule has 0 bridgehead atoms. The van der Waals surface area contributed by atoms with E-state index in [9.17, 15) is 14.4 Å². The van der Waals surface area contributed by atoms with Crippen molar-refractivity contribution in [3.63, 3.8) is 0 Å². The number of hydrogen-bond donors (Lipinski definition) is 2. The van der Waals surface area contributed by atoms with Crippen LogP contribution in [0.4, 0.5) is 0 Å². The number of aromatic carboxylic acids is 2. The lowest BCUT2D eigenvalue weighted by Gasteiger charge is -2.19. The van der Waals surface area contributed by atoms with Gasteiger partial charge in [-0.2, -0.15) is 0 Å². The molecule has 0 fully saturated rings. The molecule has 0 aliphatic carbocycles. The minimum atomic E-state index is -1.31. The van der Waals surface area contributed by atoms with Crippen molar-refractivity contribution in [2.24, 2.45) is 0 Å². The number of carbonyl (C=O) groups is 3. The number of hydrogen-bond acceptors (Lipinski definition) is 4. The molecule has 0 amide bonds. The summed E-state index contributed by atoms with van der Waals surface area (Å²) in [5, 5.41) is 17.8. The predicted molar refractivity (Wildman–Crippen MR) is 65.5 cm³/mol. The van der Waals surface area contributed by atoms with Crippen LogP contribution in [0.5, 0.6) is 0 Å². The van der Waals surface area contributed by atoms with E-state index in [2.05, 4.69) is 0 Å². The van der Waals surface area contributed by atoms with E-state index < -0.39 is 23.5 Å². The SMILES string of the molecule is CC(C)(C)OC(=O)c1cc(C(=O)O)cc(C(=O)O)c1. The summed E-state index contributed by atoms with van der Waals surface area (Å²) in [6.45, 7) is 4.97. The third-order valence-electron chi connectivity index (χ3n) is 2.06. The highest BCUT2D eigenvalue weighted by atomic mass is 16.6. The Bertz CT molecular complexity index is 506. The zero-order valence-corrected chi connectivity index (χ0v) is 10.8. The fraction of sp³-hybridized carbons (Fsp3) is 0.308. The van der Waals surface area contributed by atoms with Crippen LogP contribution < -0.4 is 0 Å². The van der Waals surface area contributed by atoms with Crippen molar-refractivity contribution >= 4 is 17.9 Å². The molecule has 0 radical (unpaired) electrons. The molecule has 0 saturated heterocycles. The molecule has 19 heavy (non-hydrogen) atoms. The van der Waals surface area contributed by atoms with Gasteiger partial charge in [-0.25, -0.2) is 14.4 Å². The molecule has 1 rings (SSSR count). The first-order chi connectivity index (χ1) is 8.60. The summed E-state index contributed by atoms with van der Waals surface area (Å²) in [4.78, 5) is 33.6. The maximum absolute atomic E-state index is 11.8. The molecule has 0 aliphatic rings. The van der Waals surface area contributed by atoms with Crippen molar-refractivity contribution in [2.75, 3.05) is 0 Å². The Labute approximate surface area is 109 Å². The number of ether oxygens (including phenoxy) is 1. The maximum Gasteiger partial charge on any atom is 0.338 e. The third-order valence-corrected chi connectivity index (χ3v) is 2.06. The van der Waals surface area contributed by atoms with E-state index in [1.54, 1.807) is 20.8 Å². The lowest BCUT2D eigenvalue weighted by Crippen LogP contribution is -2.24. The number of carboxylic acids is 2. The average Bonchev–Trinajstić information content (AvgIpc) is 2.25. The lowest BCUT2D eigenvalue weighted by molar-refractivity contribution is 0.00695. The summed E-state index contributed by atoms with van der Waals surface area (Å²) in [6.07, 6.45) is 0. The molecule has 0 unspecified atom stereocenters. The quantitative estimate of drug-likeness (QED) is 0.812. The normalized spacial score (nSPS) is 10.9. The molecular formula is C13H14O6. The highest BCUT2D eigenvalue weighted by Gasteiger charge is 2.21. The minimum Gasteiger partial charge on any atom is -0.478 e. The van der Waals surface area contributed by atoms with Crippen molar-refractivity contribution in [2.45, 2.75) is 26.4 Å². The average molecular weight is 266 g/mol. The van der Waals surface area contributed by atoms with Gasteiger partial charge in [-0.1, -0.05) is 0 Å². The molecule has 1 aromatic rings. The van der Waals surface area contributed by atoms with Gasteiger partial charge < -0.3 is 14.9 Å². The fourth-order valence-electron chi connectivity index (χ4n) is 1.33. The van der Waals surface area contributed by atoms with Crippen molar-refractivity contribution in [1.82, 2.24) is 0 Å². The van der Waals surface area contributed by atoms with Crippen LogP contribution in [-0.2, 0) is 4.74 Å². The minimum absolute atomic E-state index is 0.104. The van der Waals surface area contributed by atoms with Gasteiger partial charge in [0.25, 0.3) is 0 Å². The Morgan fingerprint density at radius 2 is 1.26 bits per heavy atom. The van der Waals surface area contributed by atoms with Crippen molar-refractivity contribution in [1.29, 1.82) is 0 Å². The summed E-state index contributed by atoms with van der Waals surface area (Å²) < 4.78 is 5.07. The molecule has 0 atom stereocenters. The van der Waals surface area contributed by atoms with Gasteiger partial charge in [-0.05, 0) is 39.0 Å². The molecule has 102 valence electrons. The van der Waals surface area contributed by atoms with Crippen molar-refractivity contribution < 1.29 is 29.3 Å². The van der Waals surface area contributed by atoms with E-state index in [-0.39, 0.29) is 16.7 Å². The monoisotopic (exact) mass is 266 g/mol. The molecule has 2 N–H and O–H groups in total. The number of rotatable bonds is 3. The van der Waals surface area contributed by atoms with Gasteiger partial charge in [0.05, 0.1) is 16.7 Å². The molecule has 0 heterocycles. The first kappa shape index (κ1) is 14.7. The van der Waals surface area contributed by atoms with Gasteiger partial charge >= 0.3 is 17.9 Å². The van der Waals surface area contributed by atoms with Gasteiger partial charge in [0.2, 0.25) is 0 Å². The van der Waals surface area contributed by atoms with E-state index in [4.69, 9.17) is 14.9 Å². The first-order valence-corrected chi connectivity index (χ1v) is 5.45. The van der Waals surface area contributed by atoms with Gasteiger partial charge in [0.1, 0.15) is 5.60 Å². The van der Waals surface area contributed by atoms with Crippen LogP contribution in [0.25, 0.3) is 0 Å². The highest BCUT2D eigenvalue weighted by molar-refractivity contribution is 5.99. The maximum atomic E-state index is 11.8. The Hall–Kier alpha value is -2.37. The molecule has 0 spiro atoms. The number of carboxylic acid groups (broad SMARTS) is 2. The molecule has 1 aromatic carbocycles. The lowest BCUT2D eigenvalue weighted by atomic mass is 10.1. The van der Waals surface area contributed by atoms with E-state index in [1.807, 2.05) is 0 Å². The summed E-state index contributed by atoms with van der Waals surface area (Å²) in [5.41, 5.74) is -1.41. The topological polar surface area (TPSA) is 101 Å². The summed E-state index contributed by atoms with van der Waals surface area (Å²) >= 11 is 0. The molecule has 6 heteroatoms. The van der Waals surface area contributed by atoms with Crippen LogP contribution in [0.3, 0.4) is 0 Å². The number of carbonyl (C=O) groups excluding carboxylic acids is 1. The molecule has 6 nitrogen and oxygen atoms in total. The molecule has 0 saturated carbocycles. The summed E-state index contributed by atoms with van der Waals surface area (Å²) in [5.74, 6) is -3.39.